The van der Waals surface area contributed by atoms with Crippen LogP contribution in [0.5, 0.6) is 0 Å². The van der Waals surface area contributed by atoms with E-state index < -0.39 is 23.4 Å². The Kier molecular flexibility index (Phi) is 6.48. The molecule has 2 unspecified atom stereocenters. The summed E-state index contributed by atoms with van der Waals surface area (Å²) in [5, 5.41) is 0. The molecule has 1 heterocycles. The van der Waals surface area contributed by atoms with Gasteiger partial charge in [0.15, 0.2) is 5.78 Å². The topological polar surface area (TPSA) is 91.3 Å². The van der Waals surface area contributed by atoms with E-state index in [-0.39, 0.29) is 25.2 Å². The second-order valence-electron chi connectivity index (χ2n) is 4.87. The zero-order valence-corrected chi connectivity index (χ0v) is 12.6. The highest BCUT2D eigenvalue weighted by Crippen LogP contribution is 2.31. The Labute approximate surface area is 123 Å². The molecule has 0 bridgehead atoms. The van der Waals surface area contributed by atoms with Crippen molar-refractivity contribution in [3.05, 3.63) is 0 Å². The number of nitrogens with zero attached hydrogens (tertiary/aromatic N) is 1. The van der Waals surface area contributed by atoms with Crippen molar-refractivity contribution >= 4 is 23.9 Å². The second kappa shape index (κ2) is 7.87. The summed E-state index contributed by atoms with van der Waals surface area (Å²) in [5.74, 6) is -1.19. The van der Waals surface area contributed by atoms with Gasteiger partial charge in [-0.25, -0.2) is 4.79 Å². The van der Waals surface area contributed by atoms with Crippen molar-refractivity contribution < 1.29 is 28.6 Å². The highest BCUT2D eigenvalue weighted by atomic mass is 16.5. The molecule has 0 aromatic rings. The van der Waals surface area contributed by atoms with E-state index in [0.29, 0.717) is 13.0 Å². The number of rotatable bonds is 6. The molecule has 0 aliphatic carbocycles. The minimum atomic E-state index is -1.26. The zero-order chi connectivity index (χ0) is 15.9. The molecule has 1 fully saturated rings. The van der Waals surface area contributed by atoms with Crippen molar-refractivity contribution in [2.75, 3.05) is 27.4 Å². The molecule has 0 aromatic carbocycles. The molecule has 2 atom stereocenters. The van der Waals surface area contributed by atoms with E-state index >= 15 is 0 Å². The van der Waals surface area contributed by atoms with Crippen molar-refractivity contribution in [3.63, 3.8) is 0 Å². The van der Waals surface area contributed by atoms with Gasteiger partial charge >= 0.3 is 11.9 Å². The van der Waals surface area contributed by atoms with Crippen LogP contribution in [0.25, 0.3) is 0 Å². The number of esters is 2. The first-order chi connectivity index (χ1) is 9.97. The van der Waals surface area contributed by atoms with Gasteiger partial charge in [0.25, 0.3) is 0 Å². The molecule has 1 aliphatic heterocycles. The van der Waals surface area contributed by atoms with Crippen molar-refractivity contribution in [1.29, 1.82) is 0 Å². The standard InChI is InChI=1S/C14H21NO6/c1-10(12(17)19-2)15-7-4-6-14(13(18)20-3)9-21-8-5-11(14)16/h7,10H,4-6,8-9H2,1-3H3. The van der Waals surface area contributed by atoms with E-state index in [2.05, 4.69) is 9.73 Å². The number of carbonyl (C=O) groups excluding carboxylic acids is 3. The molecule has 1 aliphatic rings. The van der Waals surface area contributed by atoms with Crippen LogP contribution in [0.2, 0.25) is 0 Å². The molecule has 21 heavy (non-hydrogen) atoms. The summed E-state index contributed by atoms with van der Waals surface area (Å²) in [7, 11) is 2.54. The fourth-order valence-corrected chi connectivity index (χ4v) is 2.19. The number of methoxy groups -OCH3 is 2. The van der Waals surface area contributed by atoms with Crippen molar-refractivity contribution in [3.8, 4) is 0 Å². The summed E-state index contributed by atoms with van der Waals surface area (Å²) in [6.07, 6.45) is 2.33. The lowest BCUT2D eigenvalue weighted by molar-refractivity contribution is -0.167. The molecule has 0 radical (unpaired) electrons. The molecule has 0 saturated carbocycles. The first-order valence-electron chi connectivity index (χ1n) is 6.77. The number of carbonyl (C=O) groups is 3. The van der Waals surface area contributed by atoms with Gasteiger partial charge in [0.05, 0.1) is 27.4 Å². The molecule has 0 spiro atoms. The molecule has 0 aromatic heterocycles. The number of ketones is 1. The summed E-state index contributed by atoms with van der Waals surface area (Å²) >= 11 is 0. The van der Waals surface area contributed by atoms with E-state index in [1.165, 1.54) is 20.4 Å². The Balaban J connectivity index is 2.67. The van der Waals surface area contributed by atoms with E-state index in [0.717, 1.165) is 0 Å². The Morgan fingerprint density at radius 1 is 1.43 bits per heavy atom. The average molecular weight is 299 g/mol. The highest BCUT2D eigenvalue weighted by Gasteiger charge is 2.48. The van der Waals surface area contributed by atoms with Crippen molar-refractivity contribution in [1.82, 2.24) is 0 Å². The average Bonchev–Trinajstić information content (AvgIpc) is 2.51. The van der Waals surface area contributed by atoms with Gasteiger partial charge in [0, 0.05) is 6.42 Å². The molecule has 118 valence electrons. The lowest BCUT2D eigenvalue weighted by Crippen LogP contribution is -2.47. The van der Waals surface area contributed by atoms with Gasteiger partial charge in [-0.15, -0.1) is 0 Å². The van der Waals surface area contributed by atoms with Gasteiger partial charge in [-0.2, -0.15) is 0 Å². The van der Waals surface area contributed by atoms with Gasteiger partial charge in [-0.05, 0) is 26.0 Å². The lowest BCUT2D eigenvalue weighted by atomic mass is 9.77. The number of ether oxygens (including phenoxy) is 3. The number of hydrogen-bond donors (Lipinski definition) is 0. The summed E-state index contributed by atoms with van der Waals surface area (Å²) in [6, 6.07) is -0.609. The highest BCUT2D eigenvalue weighted by molar-refractivity contribution is 6.04. The maximum absolute atomic E-state index is 12.1. The molecular weight excluding hydrogens is 278 g/mol. The van der Waals surface area contributed by atoms with Crippen LogP contribution >= 0.6 is 0 Å². The second-order valence-corrected chi connectivity index (χ2v) is 4.87. The third kappa shape index (κ3) is 4.10. The third-order valence-corrected chi connectivity index (χ3v) is 3.50. The molecule has 0 N–H and O–H groups in total. The van der Waals surface area contributed by atoms with Crippen LogP contribution in [0.3, 0.4) is 0 Å². The largest absolute Gasteiger partial charge is 0.468 e. The summed E-state index contributed by atoms with van der Waals surface area (Å²) in [4.78, 5) is 39.2. The van der Waals surface area contributed by atoms with Gasteiger partial charge in [-0.3, -0.25) is 14.6 Å². The SMILES string of the molecule is COC(=O)C(C)N=CCCC1(C(=O)OC)COCCC1=O. The summed E-state index contributed by atoms with van der Waals surface area (Å²) in [5.41, 5.74) is -1.26. The fourth-order valence-electron chi connectivity index (χ4n) is 2.19. The molecular formula is C14H21NO6. The molecule has 7 nitrogen and oxygen atoms in total. The van der Waals surface area contributed by atoms with Crippen LogP contribution in [0, 0.1) is 5.41 Å². The normalized spacial score (nSPS) is 23.9. The van der Waals surface area contributed by atoms with Crippen LogP contribution in [-0.4, -0.2) is 57.4 Å². The summed E-state index contributed by atoms with van der Waals surface area (Å²) < 4.78 is 14.6. The smallest absolute Gasteiger partial charge is 0.330 e. The Morgan fingerprint density at radius 2 is 2.14 bits per heavy atom. The fraction of sp³-hybridized carbons (Fsp3) is 0.714. The van der Waals surface area contributed by atoms with Gasteiger partial charge in [-0.1, -0.05) is 0 Å². The zero-order valence-electron chi connectivity index (χ0n) is 12.6. The first-order valence-corrected chi connectivity index (χ1v) is 6.77. The molecule has 7 heteroatoms. The molecule has 0 amide bonds. The Bertz CT molecular complexity index is 423. The number of hydrogen-bond acceptors (Lipinski definition) is 7. The Morgan fingerprint density at radius 3 is 2.71 bits per heavy atom. The number of Topliss-reactive ketones (excluding diaryl/α,β-unsaturated/α-hetero) is 1. The summed E-state index contributed by atoms with van der Waals surface area (Å²) in [6.45, 7) is 1.96. The van der Waals surface area contributed by atoms with E-state index in [1.54, 1.807) is 6.92 Å². The van der Waals surface area contributed by atoms with Crippen LogP contribution in [0.4, 0.5) is 0 Å². The van der Waals surface area contributed by atoms with Gasteiger partial charge < -0.3 is 14.2 Å². The predicted octanol–water partition coefficient (Wildman–Crippen LogP) is 0.548. The quantitative estimate of drug-likeness (QED) is 0.404. The van der Waals surface area contributed by atoms with Crippen molar-refractivity contribution in [2.24, 2.45) is 10.4 Å². The Hall–Kier alpha value is -1.76. The predicted molar refractivity (Wildman–Crippen MR) is 74.1 cm³/mol. The van der Waals surface area contributed by atoms with Crippen LogP contribution in [0.15, 0.2) is 4.99 Å². The van der Waals surface area contributed by atoms with Crippen LogP contribution in [-0.2, 0) is 28.6 Å². The molecule has 1 saturated heterocycles. The maximum atomic E-state index is 12.1. The lowest BCUT2D eigenvalue weighted by Gasteiger charge is -2.32. The van der Waals surface area contributed by atoms with Crippen molar-refractivity contribution in [2.45, 2.75) is 32.2 Å². The maximum Gasteiger partial charge on any atom is 0.330 e. The minimum absolute atomic E-state index is 0.0267. The first kappa shape index (κ1) is 17.3. The van der Waals surface area contributed by atoms with Gasteiger partial charge in [0.1, 0.15) is 11.5 Å². The van der Waals surface area contributed by atoms with Crippen LogP contribution in [0.1, 0.15) is 26.2 Å². The number of aliphatic imine (C=N–C) groups is 1. The minimum Gasteiger partial charge on any atom is -0.468 e. The van der Waals surface area contributed by atoms with E-state index in [1.807, 2.05) is 0 Å². The third-order valence-electron chi connectivity index (χ3n) is 3.50. The molecule has 1 rings (SSSR count). The van der Waals surface area contributed by atoms with E-state index in [9.17, 15) is 14.4 Å². The van der Waals surface area contributed by atoms with E-state index in [4.69, 9.17) is 9.47 Å². The van der Waals surface area contributed by atoms with Crippen LogP contribution < -0.4 is 0 Å². The monoisotopic (exact) mass is 299 g/mol. The van der Waals surface area contributed by atoms with Gasteiger partial charge in [0.2, 0.25) is 0 Å².